The molecule has 0 bridgehead atoms. The number of aromatic nitrogens is 3. The van der Waals surface area contributed by atoms with Crippen LogP contribution in [0.3, 0.4) is 0 Å². The van der Waals surface area contributed by atoms with Crippen LogP contribution in [0, 0.1) is 0 Å². The highest BCUT2D eigenvalue weighted by Crippen LogP contribution is 2.02. The first-order chi connectivity index (χ1) is 9.67. The summed E-state index contributed by atoms with van der Waals surface area (Å²) < 4.78 is 1.96. The third kappa shape index (κ3) is 4.85. The highest BCUT2D eigenvalue weighted by molar-refractivity contribution is 4.91. The van der Waals surface area contributed by atoms with E-state index in [9.17, 15) is 0 Å². The second kappa shape index (κ2) is 7.71. The Morgan fingerprint density at radius 1 is 1.15 bits per heavy atom. The zero-order chi connectivity index (χ0) is 14.4. The molecule has 0 radical (unpaired) electrons. The monoisotopic (exact) mass is 280 g/mol. The fourth-order valence-electron chi connectivity index (χ4n) is 2.41. The Morgan fingerprint density at radius 3 is 2.50 bits per heavy atom. The zero-order valence-corrected chi connectivity index (χ0v) is 13.0. The van der Waals surface area contributed by atoms with Crippen LogP contribution in [0.4, 0.5) is 0 Å². The van der Waals surface area contributed by atoms with E-state index >= 15 is 0 Å². The van der Waals surface area contributed by atoms with Crippen molar-refractivity contribution >= 4 is 0 Å². The molecule has 1 fully saturated rings. The van der Waals surface area contributed by atoms with Gasteiger partial charge in [0.25, 0.3) is 0 Å². The Labute approximate surface area is 122 Å². The first-order valence-electron chi connectivity index (χ1n) is 7.74. The van der Waals surface area contributed by atoms with E-state index in [1.807, 2.05) is 4.68 Å². The Bertz CT molecular complexity index is 381. The van der Waals surface area contributed by atoms with Gasteiger partial charge in [0.15, 0.2) is 0 Å². The molecular formula is C14H28N6. The lowest BCUT2D eigenvalue weighted by atomic mass is 10.3. The molecule has 6 heteroatoms. The maximum Gasteiger partial charge on any atom is 0.0964 e. The van der Waals surface area contributed by atoms with Crippen molar-refractivity contribution in [3.8, 4) is 0 Å². The molecule has 0 amide bonds. The van der Waals surface area contributed by atoms with Gasteiger partial charge in [-0.1, -0.05) is 26.0 Å². The lowest BCUT2D eigenvalue weighted by Crippen LogP contribution is -2.46. The summed E-state index contributed by atoms with van der Waals surface area (Å²) in [6.45, 7) is 15.2. The van der Waals surface area contributed by atoms with Crippen molar-refractivity contribution in [1.82, 2.24) is 30.1 Å². The minimum atomic E-state index is 0.481. The quantitative estimate of drug-likeness (QED) is 0.784. The molecule has 1 aliphatic heterocycles. The average molecular weight is 280 g/mol. The van der Waals surface area contributed by atoms with Gasteiger partial charge in [-0.15, -0.1) is 5.10 Å². The summed E-state index contributed by atoms with van der Waals surface area (Å²) in [4.78, 5) is 5.02. The fraction of sp³-hybridized carbons (Fsp3) is 0.857. The predicted octanol–water partition coefficient (Wildman–Crippen LogP) is 0.414. The number of hydrogen-bond acceptors (Lipinski definition) is 5. The van der Waals surface area contributed by atoms with Crippen LogP contribution in [0.2, 0.25) is 0 Å². The molecule has 0 spiro atoms. The van der Waals surface area contributed by atoms with Crippen LogP contribution in [-0.4, -0.2) is 70.1 Å². The van der Waals surface area contributed by atoms with Crippen LogP contribution in [-0.2, 0) is 13.1 Å². The Balaban J connectivity index is 1.69. The second-order valence-electron chi connectivity index (χ2n) is 5.78. The van der Waals surface area contributed by atoms with Crippen LogP contribution in [0.5, 0.6) is 0 Å². The number of nitrogens with zero attached hydrogens (tertiary/aromatic N) is 5. The molecule has 1 aliphatic rings. The molecular weight excluding hydrogens is 252 g/mol. The number of hydrogen-bond donors (Lipinski definition) is 1. The van der Waals surface area contributed by atoms with Crippen LogP contribution in [0.25, 0.3) is 0 Å². The van der Waals surface area contributed by atoms with Crippen LogP contribution in [0.1, 0.15) is 26.5 Å². The van der Waals surface area contributed by atoms with Crippen LogP contribution < -0.4 is 5.32 Å². The van der Waals surface area contributed by atoms with Crippen molar-refractivity contribution in [2.75, 3.05) is 39.3 Å². The van der Waals surface area contributed by atoms with E-state index in [0.29, 0.717) is 6.04 Å². The lowest BCUT2D eigenvalue weighted by molar-refractivity contribution is 0.132. The summed E-state index contributed by atoms with van der Waals surface area (Å²) in [6.07, 6.45) is 2.05. The molecule has 0 aromatic carbocycles. The fourth-order valence-corrected chi connectivity index (χ4v) is 2.41. The van der Waals surface area contributed by atoms with Gasteiger partial charge in [-0.2, -0.15) is 0 Å². The van der Waals surface area contributed by atoms with Gasteiger partial charge in [0.1, 0.15) is 0 Å². The maximum atomic E-state index is 4.20. The predicted molar refractivity (Wildman–Crippen MR) is 80.6 cm³/mol. The van der Waals surface area contributed by atoms with Crippen LogP contribution in [0.15, 0.2) is 6.20 Å². The van der Waals surface area contributed by atoms with Crippen molar-refractivity contribution in [2.45, 2.75) is 39.9 Å². The number of rotatable bonds is 7. The standard InChI is InChI=1S/C14H28N6/c1-4-18-5-7-19(8-6-18)9-10-20-12-14(16-17-20)11-15-13(2)3/h12-13,15H,4-11H2,1-3H3. The Kier molecular flexibility index (Phi) is 5.94. The topological polar surface area (TPSA) is 49.2 Å². The number of likely N-dealkylation sites (N-methyl/N-ethyl adjacent to an activating group) is 1. The Morgan fingerprint density at radius 2 is 1.85 bits per heavy atom. The van der Waals surface area contributed by atoms with Gasteiger partial charge in [0.05, 0.1) is 12.2 Å². The molecule has 1 N–H and O–H groups in total. The highest BCUT2D eigenvalue weighted by atomic mass is 15.4. The summed E-state index contributed by atoms with van der Waals surface area (Å²) >= 11 is 0. The largest absolute Gasteiger partial charge is 0.309 e. The molecule has 0 atom stereocenters. The molecule has 1 saturated heterocycles. The van der Waals surface area contributed by atoms with Crippen molar-refractivity contribution in [3.63, 3.8) is 0 Å². The van der Waals surface area contributed by atoms with Gasteiger partial charge in [-0.05, 0) is 6.54 Å². The van der Waals surface area contributed by atoms with Gasteiger partial charge in [-0.25, -0.2) is 0 Å². The number of piperazine rings is 1. The first kappa shape index (κ1) is 15.4. The van der Waals surface area contributed by atoms with Crippen LogP contribution >= 0.6 is 0 Å². The van der Waals surface area contributed by atoms with E-state index in [0.717, 1.165) is 25.3 Å². The van der Waals surface area contributed by atoms with Crippen molar-refractivity contribution in [2.24, 2.45) is 0 Å². The van der Waals surface area contributed by atoms with Gasteiger partial charge in [0.2, 0.25) is 0 Å². The maximum absolute atomic E-state index is 4.20. The van der Waals surface area contributed by atoms with Crippen molar-refractivity contribution in [3.05, 3.63) is 11.9 Å². The smallest absolute Gasteiger partial charge is 0.0964 e. The lowest BCUT2D eigenvalue weighted by Gasteiger charge is -2.33. The summed E-state index contributed by atoms with van der Waals surface area (Å²) in [6, 6.07) is 0.481. The molecule has 0 unspecified atom stereocenters. The second-order valence-corrected chi connectivity index (χ2v) is 5.78. The van der Waals surface area contributed by atoms with E-state index in [1.54, 1.807) is 0 Å². The van der Waals surface area contributed by atoms with E-state index in [4.69, 9.17) is 0 Å². The molecule has 2 rings (SSSR count). The van der Waals surface area contributed by atoms with Gasteiger partial charge >= 0.3 is 0 Å². The van der Waals surface area contributed by atoms with Gasteiger partial charge in [-0.3, -0.25) is 9.58 Å². The number of nitrogens with one attached hydrogen (secondary N) is 1. The first-order valence-corrected chi connectivity index (χ1v) is 7.74. The van der Waals surface area contributed by atoms with E-state index < -0.39 is 0 Å². The van der Waals surface area contributed by atoms with Gasteiger partial charge < -0.3 is 10.2 Å². The molecule has 20 heavy (non-hydrogen) atoms. The van der Waals surface area contributed by atoms with Crippen molar-refractivity contribution < 1.29 is 0 Å². The summed E-state index contributed by atoms with van der Waals surface area (Å²) in [7, 11) is 0. The molecule has 1 aromatic rings. The van der Waals surface area contributed by atoms with E-state index in [-0.39, 0.29) is 0 Å². The molecule has 0 aliphatic carbocycles. The highest BCUT2D eigenvalue weighted by Gasteiger charge is 2.15. The van der Waals surface area contributed by atoms with E-state index in [2.05, 4.69) is 52.4 Å². The summed E-state index contributed by atoms with van der Waals surface area (Å²) in [5.41, 5.74) is 1.02. The molecule has 1 aromatic heterocycles. The SMILES string of the molecule is CCN1CCN(CCn2cc(CNC(C)C)nn2)CC1. The third-order valence-electron chi connectivity index (χ3n) is 3.83. The molecule has 2 heterocycles. The van der Waals surface area contributed by atoms with Crippen molar-refractivity contribution in [1.29, 1.82) is 0 Å². The molecule has 114 valence electrons. The normalized spacial score (nSPS) is 18.0. The summed E-state index contributed by atoms with van der Waals surface area (Å²) in [5, 5.41) is 11.8. The minimum absolute atomic E-state index is 0.481. The molecule has 6 nitrogen and oxygen atoms in total. The Hall–Kier alpha value is -0.980. The summed E-state index contributed by atoms with van der Waals surface area (Å²) in [5.74, 6) is 0. The minimum Gasteiger partial charge on any atom is -0.309 e. The third-order valence-corrected chi connectivity index (χ3v) is 3.83. The van der Waals surface area contributed by atoms with E-state index in [1.165, 1.54) is 32.7 Å². The average Bonchev–Trinajstić information content (AvgIpc) is 2.91. The zero-order valence-electron chi connectivity index (χ0n) is 13.0. The van der Waals surface area contributed by atoms with Gasteiger partial charge in [0, 0.05) is 51.5 Å². The molecule has 0 saturated carbocycles.